The summed E-state index contributed by atoms with van der Waals surface area (Å²) in [6.45, 7) is 2.69. The first-order chi connectivity index (χ1) is 7.12. The molecule has 0 aromatic heterocycles. The van der Waals surface area contributed by atoms with Crippen molar-refractivity contribution in [2.75, 3.05) is 12.8 Å². The number of carbonyl (C=O) groups excluding carboxylic acids is 2. The van der Waals surface area contributed by atoms with Crippen LogP contribution < -0.4 is 11.5 Å². The minimum atomic E-state index is -3.86. The minimum absolute atomic E-state index is 0.414. The number of primary amides is 1. The molecule has 0 rings (SSSR count). The molecule has 0 fully saturated rings. The Morgan fingerprint density at radius 1 is 1.31 bits per heavy atom. The maximum atomic E-state index is 11.4. The molecule has 94 valence electrons. The Morgan fingerprint density at radius 2 is 1.75 bits per heavy atom. The third-order valence-electron chi connectivity index (χ3n) is 1.95. The van der Waals surface area contributed by atoms with Gasteiger partial charge in [0.1, 0.15) is 6.04 Å². The van der Waals surface area contributed by atoms with Crippen molar-refractivity contribution in [3.63, 3.8) is 0 Å². The van der Waals surface area contributed by atoms with E-state index in [0.717, 1.165) is 6.26 Å². The Morgan fingerprint density at radius 3 is 1.94 bits per heavy atom. The summed E-state index contributed by atoms with van der Waals surface area (Å²) in [5.41, 5.74) is 10.2. The van der Waals surface area contributed by atoms with Crippen LogP contribution in [0.25, 0.3) is 0 Å². The average molecular weight is 251 g/mol. The van der Waals surface area contributed by atoms with Crippen LogP contribution >= 0.6 is 0 Å². The van der Waals surface area contributed by atoms with Gasteiger partial charge < -0.3 is 11.5 Å². The molecule has 7 nitrogen and oxygen atoms in total. The van der Waals surface area contributed by atoms with E-state index in [9.17, 15) is 18.0 Å². The van der Waals surface area contributed by atoms with Crippen molar-refractivity contribution < 1.29 is 18.0 Å². The second-order valence-electron chi connectivity index (χ2n) is 3.75. The Balaban J connectivity index is 5.48. The maximum absolute atomic E-state index is 11.4. The summed E-state index contributed by atoms with van der Waals surface area (Å²) in [5, 5.41) is 0. The van der Waals surface area contributed by atoms with Gasteiger partial charge in [0.25, 0.3) is 5.91 Å². The maximum Gasteiger partial charge on any atom is 0.250 e. The van der Waals surface area contributed by atoms with E-state index in [2.05, 4.69) is 0 Å². The van der Waals surface area contributed by atoms with Crippen LogP contribution in [0.1, 0.15) is 13.8 Å². The topological polar surface area (TPSA) is 124 Å². The summed E-state index contributed by atoms with van der Waals surface area (Å²) < 4.78 is 23.3. The molecule has 0 unspecified atom stereocenters. The quantitative estimate of drug-likeness (QED) is 0.599. The summed E-state index contributed by atoms with van der Waals surface area (Å²) >= 11 is 0. The second kappa shape index (κ2) is 5.26. The summed E-state index contributed by atoms with van der Waals surface area (Å²) in [5.74, 6) is -2.13. The van der Waals surface area contributed by atoms with E-state index < -0.39 is 40.3 Å². The molecule has 4 N–H and O–H groups in total. The fraction of sp³-hybridized carbons (Fsp3) is 0.750. The molecule has 0 aliphatic carbocycles. The number of carbonyl (C=O) groups is 2. The smallest absolute Gasteiger partial charge is 0.250 e. The molecule has 0 aromatic carbocycles. The molecular formula is C8H17N3O4S. The number of hydrogen-bond acceptors (Lipinski definition) is 5. The highest BCUT2D eigenvalue weighted by Crippen LogP contribution is 2.14. The Labute approximate surface area is 94.8 Å². The van der Waals surface area contributed by atoms with Crippen LogP contribution in [0.3, 0.4) is 0 Å². The predicted molar refractivity (Wildman–Crippen MR) is 58.6 cm³/mol. The van der Waals surface area contributed by atoms with E-state index in [1.54, 1.807) is 13.8 Å². The van der Waals surface area contributed by atoms with Crippen molar-refractivity contribution in [3.05, 3.63) is 0 Å². The van der Waals surface area contributed by atoms with Crippen LogP contribution in [0.4, 0.5) is 0 Å². The van der Waals surface area contributed by atoms with Crippen LogP contribution in [-0.4, -0.2) is 43.4 Å². The van der Waals surface area contributed by atoms with Gasteiger partial charge in [-0.05, 0) is 5.92 Å². The monoisotopic (exact) mass is 251 g/mol. The molecule has 0 aliphatic heterocycles. The summed E-state index contributed by atoms with van der Waals surface area (Å²) in [7, 11) is -3.86. The highest BCUT2D eigenvalue weighted by molar-refractivity contribution is 7.88. The molecule has 0 saturated carbocycles. The third kappa shape index (κ3) is 3.46. The molecule has 0 bridgehead atoms. The summed E-state index contributed by atoms with van der Waals surface area (Å²) in [6, 6.07) is -1.20. The van der Waals surface area contributed by atoms with Gasteiger partial charge in [0.15, 0.2) is 0 Å². The molecule has 2 amide bonds. The number of nitrogens with zero attached hydrogens (tertiary/aromatic N) is 1. The normalized spacial score (nSPS) is 13.6. The fourth-order valence-corrected chi connectivity index (χ4v) is 2.56. The van der Waals surface area contributed by atoms with E-state index >= 15 is 0 Å². The van der Waals surface area contributed by atoms with E-state index in [1.165, 1.54) is 0 Å². The second-order valence-corrected chi connectivity index (χ2v) is 5.61. The fourth-order valence-electron chi connectivity index (χ4n) is 1.35. The van der Waals surface area contributed by atoms with Gasteiger partial charge in [-0.3, -0.25) is 9.59 Å². The highest BCUT2D eigenvalue weighted by atomic mass is 32.2. The molecule has 8 heteroatoms. The van der Waals surface area contributed by atoms with Gasteiger partial charge in [0.2, 0.25) is 15.9 Å². The van der Waals surface area contributed by atoms with Crippen molar-refractivity contribution in [1.29, 1.82) is 0 Å². The lowest BCUT2D eigenvalue weighted by molar-refractivity contribution is -0.134. The first kappa shape index (κ1) is 14.8. The average Bonchev–Trinajstić information content (AvgIpc) is 2.09. The lowest BCUT2D eigenvalue weighted by atomic mass is 10.0. The molecule has 0 saturated heterocycles. The van der Waals surface area contributed by atoms with Crippen LogP contribution in [0.15, 0.2) is 0 Å². The zero-order chi connectivity index (χ0) is 13.1. The van der Waals surface area contributed by atoms with E-state index in [4.69, 9.17) is 11.5 Å². The predicted octanol–water partition coefficient (Wildman–Crippen LogP) is -1.76. The van der Waals surface area contributed by atoms with E-state index in [0.29, 0.717) is 4.31 Å². The molecule has 16 heavy (non-hydrogen) atoms. The van der Waals surface area contributed by atoms with Crippen LogP contribution in [0.2, 0.25) is 0 Å². The van der Waals surface area contributed by atoms with Gasteiger partial charge in [-0.1, -0.05) is 13.8 Å². The Bertz CT molecular complexity index is 377. The first-order valence-electron chi connectivity index (χ1n) is 4.64. The third-order valence-corrected chi connectivity index (χ3v) is 3.10. The SMILES string of the molecule is CC(C)[C@@H](C(N)=O)N(C(=O)CN)S(C)(=O)=O. The summed E-state index contributed by atoms with van der Waals surface area (Å²) in [4.78, 5) is 22.6. The minimum Gasteiger partial charge on any atom is -0.368 e. The molecule has 0 heterocycles. The van der Waals surface area contributed by atoms with Gasteiger partial charge in [-0.2, -0.15) is 0 Å². The van der Waals surface area contributed by atoms with Gasteiger partial charge in [0, 0.05) is 0 Å². The molecule has 0 aliphatic rings. The number of nitrogens with two attached hydrogens (primary N) is 2. The van der Waals surface area contributed by atoms with Gasteiger partial charge in [-0.15, -0.1) is 0 Å². The first-order valence-corrected chi connectivity index (χ1v) is 6.49. The summed E-state index contributed by atoms with van der Waals surface area (Å²) in [6.07, 6.45) is 0.832. The molecule has 1 atom stereocenters. The van der Waals surface area contributed by atoms with Crippen LogP contribution in [0.5, 0.6) is 0 Å². The molecule has 0 aromatic rings. The number of hydrogen-bond donors (Lipinski definition) is 2. The van der Waals surface area contributed by atoms with Gasteiger partial charge in [-0.25, -0.2) is 12.7 Å². The standard InChI is InChI=1S/C8H17N3O4S/c1-5(2)7(8(10)13)11(6(12)4-9)16(3,14)15/h5,7H,4,9H2,1-3H3,(H2,10,13)/t7-/m0/s1. The largest absolute Gasteiger partial charge is 0.368 e. The zero-order valence-electron chi connectivity index (χ0n) is 9.50. The van der Waals surface area contributed by atoms with Crippen LogP contribution in [-0.2, 0) is 19.6 Å². The van der Waals surface area contributed by atoms with Gasteiger partial charge >= 0.3 is 0 Å². The van der Waals surface area contributed by atoms with E-state index in [1.807, 2.05) is 0 Å². The van der Waals surface area contributed by atoms with Crippen molar-refractivity contribution >= 4 is 21.8 Å². The molecular weight excluding hydrogens is 234 g/mol. The highest BCUT2D eigenvalue weighted by Gasteiger charge is 2.36. The molecule has 0 spiro atoms. The zero-order valence-corrected chi connectivity index (χ0v) is 10.3. The van der Waals surface area contributed by atoms with Gasteiger partial charge in [0.05, 0.1) is 12.8 Å². The van der Waals surface area contributed by atoms with E-state index in [-0.39, 0.29) is 0 Å². The number of rotatable bonds is 5. The Kier molecular flexibility index (Phi) is 4.88. The number of amides is 2. The molecule has 0 radical (unpaired) electrons. The van der Waals surface area contributed by atoms with Crippen molar-refractivity contribution in [1.82, 2.24) is 4.31 Å². The number of sulfonamides is 1. The lowest BCUT2D eigenvalue weighted by Crippen LogP contribution is -2.54. The van der Waals surface area contributed by atoms with Crippen molar-refractivity contribution in [2.24, 2.45) is 17.4 Å². The van der Waals surface area contributed by atoms with Crippen LogP contribution in [0, 0.1) is 5.92 Å². The Hall–Kier alpha value is -1.15. The van der Waals surface area contributed by atoms with Crippen molar-refractivity contribution in [2.45, 2.75) is 19.9 Å². The van der Waals surface area contributed by atoms with Crippen molar-refractivity contribution in [3.8, 4) is 0 Å². The lowest BCUT2D eigenvalue weighted by Gasteiger charge is -2.29.